The van der Waals surface area contributed by atoms with Crippen LogP contribution in [-0.2, 0) is 11.8 Å². The summed E-state index contributed by atoms with van der Waals surface area (Å²) in [7, 11) is 0. The molecule has 1 saturated heterocycles. The third-order valence-corrected chi connectivity index (χ3v) is 4.36. The minimum absolute atomic E-state index is 0.307. The highest BCUT2D eigenvalue weighted by Crippen LogP contribution is 2.46. The molecule has 2 nitrogen and oxygen atoms in total. The molecule has 2 atom stereocenters. The molecule has 1 aliphatic carbocycles. The Morgan fingerprint density at radius 3 is 3.13 bits per heavy atom. The van der Waals surface area contributed by atoms with E-state index in [0.717, 1.165) is 24.8 Å². The minimum atomic E-state index is 0.307. The number of nitrogens with one attached hydrogen (secondary N) is 1. The number of hydrogen-bond acceptors (Lipinski definition) is 2. The van der Waals surface area contributed by atoms with Crippen molar-refractivity contribution in [2.75, 3.05) is 13.1 Å². The number of fused-ring (bicyclic) bond motifs is 2. The Balaban J connectivity index is 2.12. The maximum atomic E-state index is 5.97. The molecule has 2 unspecified atom stereocenters. The Morgan fingerprint density at radius 2 is 2.40 bits per heavy atom. The SMILES string of the molecule is Cc1cc2c(o1)C1(CCNC1)C(C)CC2. The maximum absolute atomic E-state index is 5.97. The number of rotatable bonds is 0. The molecule has 3 rings (SSSR count). The van der Waals surface area contributed by atoms with Crippen molar-refractivity contribution < 1.29 is 4.42 Å². The van der Waals surface area contributed by atoms with E-state index in [0.29, 0.717) is 5.41 Å². The summed E-state index contributed by atoms with van der Waals surface area (Å²) >= 11 is 0. The van der Waals surface area contributed by atoms with E-state index in [2.05, 4.69) is 25.2 Å². The lowest BCUT2D eigenvalue weighted by molar-refractivity contribution is 0.223. The Kier molecular flexibility index (Phi) is 1.96. The van der Waals surface area contributed by atoms with Crippen LogP contribution in [0.4, 0.5) is 0 Å². The fraction of sp³-hybridized carbons (Fsp3) is 0.692. The molecular formula is C13H19NO. The Bertz CT molecular complexity index is 374. The van der Waals surface area contributed by atoms with Gasteiger partial charge in [-0.3, -0.25) is 0 Å². The van der Waals surface area contributed by atoms with Crippen LogP contribution in [0.3, 0.4) is 0 Å². The van der Waals surface area contributed by atoms with E-state index in [1.165, 1.54) is 30.6 Å². The van der Waals surface area contributed by atoms with Crippen molar-refractivity contribution in [2.45, 2.75) is 38.5 Å². The predicted octanol–water partition coefficient (Wildman–Crippen LogP) is 2.40. The summed E-state index contributed by atoms with van der Waals surface area (Å²) in [6.45, 7) is 6.70. The van der Waals surface area contributed by atoms with Crippen molar-refractivity contribution in [3.05, 3.63) is 23.2 Å². The Labute approximate surface area is 91.0 Å². The van der Waals surface area contributed by atoms with Crippen molar-refractivity contribution in [2.24, 2.45) is 5.92 Å². The molecule has 1 N–H and O–H groups in total. The zero-order valence-electron chi connectivity index (χ0n) is 9.60. The molecule has 0 saturated carbocycles. The summed E-state index contributed by atoms with van der Waals surface area (Å²) in [5, 5.41) is 3.50. The first-order valence-corrected chi connectivity index (χ1v) is 6.03. The second-order valence-electron chi connectivity index (χ2n) is 5.23. The third-order valence-electron chi connectivity index (χ3n) is 4.36. The summed E-state index contributed by atoms with van der Waals surface area (Å²) in [5.74, 6) is 3.13. The normalized spacial score (nSPS) is 34.7. The van der Waals surface area contributed by atoms with Crippen molar-refractivity contribution in [3.63, 3.8) is 0 Å². The highest BCUT2D eigenvalue weighted by atomic mass is 16.3. The molecule has 0 radical (unpaired) electrons. The van der Waals surface area contributed by atoms with Crippen molar-refractivity contribution >= 4 is 0 Å². The average Bonchev–Trinajstić information content (AvgIpc) is 2.80. The van der Waals surface area contributed by atoms with Crippen molar-refractivity contribution in [1.82, 2.24) is 5.32 Å². The summed E-state index contributed by atoms with van der Waals surface area (Å²) < 4.78 is 5.97. The minimum Gasteiger partial charge on any atom is -0.465 e. The van der Waals surface area contributed by atoms with Gasteiger partial charge in [-0.1, -0.05) is 6.92 Å². The standard InChI is InChI=1S/C13H19NO/c1-9-3-4-11-7-10(2)15-12(11)13(9)5-6-14-8-13/h7,9,14H,3-6,8H2,1-2H3. The quantitative estimate of drug-likeness (QED) is 0.703. The molecule has 15 heavy (non-hydrogen) atoms. The van der Waals surface area contributed by atoms with Gasteiger partial charge in [-0.25, -0.2) is 0 Å². The van der Waals surface area contributed by atoms with Crippen LogP contribution >= 0.6 is 0 Å². The summed E-state index contributed by atoms with van der Waals surface area (Å²) in [5.41, 5.74) is 1.77. The van der Waals surface area contributed by atoms with Crippen LogP contribution in [0.1, 0.15) is 36.8 Å². The van der Waals surface area contributed by atoms with Crippen LogP contribution in [0.5, 0.6) is 0 Å². The molecule has 0 amide bonds. The zero-order chi connectivity index (χ0) is 10.5. The molecule has 82 valence electrons. The molecule has 1 aromatic heterocycles. The lowest BCUT2D eigenvalue weighted by Gasteiger charge is -2.37. The lowest BCUT2D eigenvalue weighted by Crippen LogP contribution is -2.39. The van der Waals surface area contributed by atoms with E-state index in [-0.39, 0.29) is 0 Å². The van der Waals surface area contributed by atoms with Gasteiger partial charge in [0, 0.05) is 12.0 Å². The molecule has 2 aliphatic rings. The molecule has 0 bridgehead atoms. The molecule has 2 heteroatoms. The molecule has 1 aliphatic heterocycles. The van der Waals surface area contributed by atoms with E-state index in [9.17, 15) is 0 Å². The lowest BCUT2D eigenvalue weighted by atomic mass is 9.67. The zero-order valence-corrected chi connectivity index (χ0v) is 9.60. The molecule has 0 aromatic carbocycles. The number of hydrogen-bond donors (Lipinski definition) is 1. The summed E-state index contributed by atoms with van der Waals surface area (Å²) in [4.78, 5) is 0. The van der Waals surface area contributed by atoms with E-state index in [1.54, 1.807) is 0 Å². The first kappa shape index (κ1) is 9.46. The highest BCUT2D eigenvalue weighted by Gasteiger charge is 2.46. The second kappa shape index (κ2) is 3.11. The van der Waals surface area contributed by atoms with Gasteiger partial charge in [0.05, 0.1) is 0 Å². The third kappa shape index (κ3) is 1.21. The fourth-order valence-corrected chi connectivity index (χ4v) is 3.37. The van der Waals surface area contributed by atoms with Gasteiger partial charge in [-0.15, -0.1) is 0 Å². The summed E-state index contributed by atoms with van der Waals surface area (Å²) in [6, 6.07) is 2.24. The largest absolute Gasteiger partial charge is 0.465 e. The van der Waals surface area contributed by atoms with Crippen LogP contribution in [0, 0.1) is 12.8 Å². The first-order valence-electron chi connectivity index (χ1n) is 6.03. The molecule has 2 heterocycles. The van der Waals surface area contributed by atoms with E-state index >= 15 is 0 Å². The first-order chi connectivity index (χ1) is 7.22. The van der Waals surface area contributed by atoms with Crippen LogP contribution in [0.15, 0.2) is 10.5 Å². The summed E-state index contributed by atoms with van der Waals surface area (Å²) in [6.07, 6.45) is 3.76. The maximum Gasteiger partial charge on any atom is 0.115 e. The van der Waals surface area contributed by atoms with E-state index in [1.807, 2.05) is 0 Å². The van der Waals surface area contributed by atoms with Gasteiger partial charge < -0.3 is 9.73 Å². The smallest absolute Gasteiger partial charge is 0.115 e. The van der Waals surface area contributed by atoms with E-state index in [4.69, 9.17) is 4.42 Å². The van der Waals surface area contributed by atoms with Gasteiger partial charge in [0.1, 0.15) is 11.5 Å². The van der Waals surface area contributed by atoms with Gasteiger partial charge in [0.15, 0.2) is 0 Å². The predicted molar refractivity (Wildman–Crippen MR) is 60.1 cm³/mol. The number of furan rings is 1. The van der Waals surface area contributed by atoms with Crippen molar-refractivity contribution in [3.8, 4) is 0 Å². The van der Waals surface area contributed by atoms with Gasteiger partial charge in [0.2, 0.25) is 0 Å². The van der Waals surface area contributed by atoms with Gasteiger partial charge >= 0.3 is 0 Å². The average molecular weight is 205 g/mol. The molecule has 1 spiro atoms. The van der Waals surface area contributed by atoms with Crippen LogP contribution < -0.4 is 5.32 Å². The van der Waals surface area contributed by atoms with Crippen molar-refractivity contribution in [1.29, 1.82) is 0 Å². The van der Waals surface area contributed by atoms with Crippen LogP contribution in [0.2, 0.25) is 0 Å². The molecule has 1 fully saturated rings. The highest BCUT2D eigenvalue weighted by molar-refractivity contribution is 5.33. The van der Waals surface area contributed by atoms with Crippen LogP contribution in [-0.4, -0.2) is 13.1 Å². The van der Waals surface area contributed by atoms with Gasteiger partial charge in [-0.05, 0) is 50.3 Å². The van der Waals surface area contributed by atoms with Crippen LogP contribution in [0.25, 0.3) is 0 Å². The Morgan fingerprint density at radius 1 is 1.53 bits per heavy atom. The molecular weight excluding hydrogens is 186 g/mol. The van der Waals surface area contributed by atoms with Gasteiger partial charge in [0.25, 0.3) is 0 Å². The number of aryl methyl sites for hydroxylation is 2. The fourth-order valence-electron chi connectivity index (χ4n) is 3.37. The topological polar surface area (TPSA) is 25.2 Å². The van der Waals surface area contributed by atoms with E-state index < -0.39 is 0 Å². The molecule has 1 aromatic rings. The Hall–Kier alpha value is -0.760. The monoisotopic (exact) mass is 205 g/mol. The second-order valence-corrected chi connectivity index (χ2v) is 5.23. The van der Waals surface area contributed by atoms with Gasteiger partial charge in [-0.2, -0.15) is 0 Å².